The number of likely N-dealkylation sites (N-methyl/N-ethyl adjacent to an activating group) is 1. The minimum absolute atomic E-state index is 0.0330. The molecule has 1 N–H and O–H groups in total. The molecule has 5 heteroatoms. The predicted octanol–water partition coefficient (Wildman–Crippen LogP) is 6.07. The Hall–Kier alpha value is -2.82. The molecule has 0 aromatic heterocycles. The van der Waals surface area contributed by atoms with Gasteiger partial charge in [-0.2, -0.15) is 0 Å². The summed E-state index contributed by atoms with van der Waals surface area (Å²) in [5.74, 6) is -0.295. The Labute approximate surface area is 190 Å². The second-order valence-corrected chi connectivity index (χ2v) is 9.20. The number of carboxylic acids is 1. The van der Waals surface area contributed by atoms with Gasteiger partial charge in [0, 0.05) is 13.0 Å². The van der Waals surface area contributed by atoms with Gasteiger partial charge in [-0.3, -0.25) is 4.90 Å². The minimum atomic E-state index is -0.968. The molecule has 5 nitrogen and oxygen atoms in total. The molecule has 1 amide bonds. The molecule has 2 aromatic rings. The molecule has 1 saturated carbocycles. The van der Waals surface area contributed by atoms with Crippen LogP contribution in [0, 0.1) is 5.92 Å². The molecule has 0 heterocycles. The normalized spacial score (nSPS) is 16.8. The van der Waals surface area contributed by atoms with Gasteiger partial charge in [0.05, 0.1) is 0 Å². The van der Waals surface area contributed by atoms with Gasteiger partial charge in [0.1, 0.15) is 12.6 Å². The van der Waals surface area contributed by atoms with E-state index in [0.717, 1.165) is 24.0 Å². The highest BCUT2D eigenvalue weighted by Crippen LogP contribution is 2.44. The molecule has 0 aliphatic heterocycles. The summed E-state index contributed by atoms with van der Waals surface area (Å²) in [5.41, 5.74) is 4.63. The summed E-state index contributed by atoms with van der Waals surface area (Å²) in [7, 11) is 1.54. The smallest absolute Gasteiger partial charge is 0.410 e. The Balaban J connectivity index is 1.35. The van der Waals surface area contributed by atoms with E-state index in [1.54, 1.807) is 0 Å². The second kappa shape index (κ2) is 10.2. The molecule has 2 aliphatic rings. The van der Waals surface area contributed by atoms with Gasteiger partial charge >= 0.3 is 12.1 Å². The maximum absolute atomic E-state index is 12.8. The van der Waals surface area contributed by atoms with Crippen LogP contribution < -0.4 is 0 Å². The first-order valence-electron chi connectivity index (χ1n) is 11.9. The average molecular weight is 436 g/mol. The zero-order valence-corrected chi connectivity index (χ0v) is 18.8. The van der Waals surface area contributed by atoms with Crippen LogP contribution in [0.25, 0.3) is 11.1 Å². The summed E-state index contributed by atoms with van der Waals surface area (Å²) in [5, 5.41) is 9.72. The number of hydrogen-bond acceptors (Lipinski definition) is 3. The molecule has 1 atom stereocenters. The van der Waals surface area contributed by atoms with Crippen LogP contribution in [-0.2, 0) is 9.53 Å². The molecule has 1 fully saturated rings. The molecular weight excluding hydrogens is 402 g/mol. The van der Waals surface area contributed by atoms with Gasteiger partial charge in [-0.05, 0) is 34.6 Å². The summed E-state index contributed by atoms with van der Waals surface area (Å²) >= 11 is 0. The Morgan fingerprint density at radius 1 is 1.00 bits per heavy atom. The van der Waals surface area contributed by atoms with Crippen LogP contribution in [0.1, 0.15) is 68.4 Å². The van der Waals surface area contributed by atoms with Gasteiger partial charge in [-0.15, -0.1) is 0 Å². The molecular formula is C27H33NO4. The van der Waals surface area contributed by atoms with Crippen molar-refractivity contribution < 1.29 is 19.4 Å². The monoisotopic (exact) mass is 435 g/mol. The maximum Gasteiger partial charge on any atom is 0.410 e. The highest BCUT2D eigenvalue weighted by molar-refractivity contribution is 5.81. The molecule has 0 spiro atoms. The van der Waals surface area contributed by atoms with Crippen molar-refractivity contribution in [2.45, 2.75) is 63.3 Å². The first-order chi connectivity index (χ1) is 15.6. The summed E-state index contributed by atoms with van der Waals surface area (Å²) in [6.45, 7) is 0.200. The molecule has 0 radical (unpaired) electrons. The van der Waals surface area contributed by atoms with E-state index in [0.29, 0.717) is 12.3 Å². The van der Waals surface area contributed by atoms with Gasteiger partial charge in [0.25, 0.3) is 0 Å². The van der Waals surface area contributed by atoms with Crippen LogP contribution in [0.2, 0.25) is 0 Å². The first-order valence-corrected chi connectivity index (χ1v) is 11.9. The fraction of sp³-hybridized carbons (Fsp3) is 0.481. The van der Waals surface area contributed by atoms with E-state index in [9.17, 15) is 14.7 Å². The van der Waals surface area contributed by atoms with Gasteiger partial charge in [-0.1, -0.05) is 93.5 Å². The van der Waals surface area contributed by atoms with Crippen molar-refractivity contribution in [1.82, 2.24) is 4.90 Å². The zero-order valence-electron chi connectivity index (χ0n) is 18.8. The molecule has 0 unspecified atom stereocenters. The summed E-state index contributed by atoms with van der Waals surface area (Å²) in [6, 6.07) is 15.5. The van der Waals surface area contributed by atoms with Gasteiger partial charge in [0.15, 0.2) is 0 Å². The number of rotatable bonds is 8. The van der Waals surface area contributed by atoms with Crippen molar-refractivity contribution in [3.63, 3.8) is 0 Å². The average Bonchev–Trinajstić information content (AvgIpc) is 3.14. The first kappa shape index (κ1) is 22.4. The Morgan fingerprint density at radius 2 is 1.59 bits per heavy atom. The lowest BCUT2D eigenvalue weighted by Crippen LogP contribution is -2.43. The number of fused-ring (bicyclic) bond motifs is 3. The third kappa shape index (κ3) is 4.82. The number of aliphatic carboxylic acids is 1. The van der Waals surface area contributed by atoms with Crippen LogP contribution in [0.15, 0.2) is 48.5 Å². The van der Waals surface area contributed by atoms with Crippen LogP contribution in [0.5, 0.6) is 0 Å². The highest BCUT2D eigenvalue weighted by Gasteiger charge is 2.31. The number of nitrogens with zero attached hydrogens (tertiary/aromatic N) is 1. The SMILES string of the molecule is CN(C(=O)OCC1c2ccccc2-c2ccccc21)[C@H](CCCC1CCCCC1)C(=O)O. The topological polar surface area (TPSA) is 66.8 Å². The fourth-order valence-electron chi connectivity index (χ4n) is 5.38. The quantitative estimate of drug-likeness (QED) is 0.546. The number of benzene rings is 2. The van der Waals surface area contributed by atoms with Crippen molar-refractivity contribution in [2.24, 2.45) is 5.92 Å². The second-order valence-electron chi connectivity index (χ2n) is 9.20. The van der Waals surface area contributed by atoms with Crippen molar-refractivity contribution in [3.05, 3.63) is 59.7 Å². The summed E-state index contributed by atoms with van der Waals surface area (Å²) < 4.78 is 5.65. The van der Waals surface area contributed by atoms with Gasteiger partial charge in [0.2, 0.25) is 0 Å². The molecule has 2 aromatic carbocycles. The van der Waals surface area contributed by atoms with E-state index in [1.807, 2.05) is 24.3 Å². The lowest BCUT2D eigenvalue weighted by Gasteiger charge is -2.26. The van der Waals surface area contributed by atoms with Gasteiger partial charge in [-0.25, -0.2) is 9.59 Å². The van der Waals surface area contributed by atoms with Crippen LogP contribution in [0.3, 0.4) is 0 Å². The zero-order chi connectivity index (χ0) is 22.5. The van der Waals surface area contributed by atoms with E-state index in [2.05, 4.69) is 24.3 Å². The van der Waals surface area contributed by atoms with E-state index < -0.39 is 18.1 Å². The summed E-state index contributed by atoms with van der Waals surface area (Å²) in [4.78, 5) is 25.9. The Bertz CT molecular complexity index is 905. The summed E-state index contributed by atoms with van der Waals surface area (Å²) in [6.07, 6.45) is 8.15. The van der Waals surface area contributed by atoms with Crippen molar-refractivity contribution in [3.8, 4) is 11.1 Å². The molecule has 2 aliphatic carbocycles. The number of ether oxygens (including phenoxy) is 1. The number of hydrogen-bond donors (Lipinski definition) is 1. The minimum Gasteiger partial charge on any atom is -0.480 e. The fourth-order valence-corrected chi connectivity index (χ4v) is 5.38. The maximum atomic E-state index is 12.8. The standard InChI is InChI=1S/C27H33NO4/c1-28(25(26(29)30)17-9-12-19-10-3-2-4-11-19)27(31)32-18-24-22-15-7-5-13-20(22)21-14-6-8-16-23(21)24/h5-8,13-16,19,24-25H,2-4,9-12,17-18H2,1H3,(H,29,30)/t25-/m1/s1. The third-order valence-corrected chi connectivity index (χ3v) is 7.19. The van der Waals surface area contributed by atoms with Crippen molar-refractivity contribution >= 4 is 12.1 Å². The molecule has 32 heavy (non-hydrogen) atoms. The number of carbonyl (C=O) groups excluding carboxylic acids is 1. The largest absolute Gasteiger partial charge is 0.480 e. The Kier molecular flexibility index (Phi) is 7.13. The molecule has 0 bridgehead atoms. The number of carbonyl (C=O) groups is 2. The lowest BCUT2D eigenvalue weighted by atomic mass is 9.85. The predicted molar refractivity (Wildman–Crippen MR) is 125 cm³/mol. The molecule has 0 saturated heterocycles. The highest BCUT2D eigenvalue weighted by atomic mass is 16.6. The Morgan fingerprint density at radius 3 is 2.19 bits per heavy atom. The van der Waals surface area contributed by atoms with Crippen molar-refractivity contribution in [1.29, 1.82) is 0 Å². The van der Waals surface area contributed by atoms with Crippen molar-refractivity contribution in [2.75, 3.05) is 13.7 Å². The van der Waals surface area contributed by atoms with E-state index in [1.165, 1.54) is 55.2 Å². The third-order valence-electron chi connectivity index (χ3n) is 7.19. The van der Waals surface area contributed by atoms with Crippen LogP contribution in [0.4, 0.5) is 4.79 Å². The van der Waals surface area contributed by atoms with Gasteiger partial charge < -0.3 is 9.84 Å². The number of carboxylic acid groups (broad SMARTS) is 1. The lowest BCUT2D eigenvalue weighted by molar-refractivity contribution is -0.142. The number of amides is 1. The molecule has 4 rings (SSSR count). The van der Waals surface area contributed by atoms with Crippen LogP contribution >= 0.6 is 0 Å². The van der Waals surface area contributed by atoms with Crippen LogP contribution in [-0.4, -0.2) is 41.8 Å². The van der Waals surface area contributed by atoms with E-state index >= 15 is 0 Å². The van der Waals surface area contributed by atoms with E-state index in [4.69, 9.17) is 4.74 Å². The van der Waals surface area contributed by atoms with E-state index in [-0.39, 0.29) is 12.5 Å². The molecule has 170 valence electrons.